The van der Waals surface area contributed by atoms with E-state index in [1.165, 1.54) is 28.4 Å². The largest absolute Gasteiger partial charge is 0.382 e. The Morgan fingerprint density at radius 3 is 2.75 bits per heavy atom. The molecule has 0 unspecified atom stereocenters. The van der Waals surface area contributed by atoms with Crippen molar-refractivity contribution in [3.8, 4) is 0 Å². The lowest BCUT2D eigenvalue weighted by molar-refractivity contribution is 0.0722. The van der Waals surface area contributed by atoms with Crippen LogP contribution in [0.1, 0.15) is 48.2 Å². The van der Waals surface area contributed by atoms with Gasteiger partial charge in [0.2, 0.25) is 0 Å². The maximum Gasteiger partial charge on any atom is 0.0954 e. The highest BCUT2D eigenvalue weighted by Gasteiger charge is 2.22. The van der Waals surface area contributed by atoms with Crippen LogP contribution in [0, 0.1) is 0 Å². The summed E-state index contributed by atoms with van der Waals surface area (Å²) in [6.07, 6.45) is 3.56. The van der Waals surface area contributed by atoms with Crippen molar-refractivity contribution in [2.24, 2.45) is 0 Å². The third kappa shape index (κ3) is 5.13. The fourth-order valence-corrected chi connectivity index (χ4v) is 3.18. The second-order valence-corrected chi connectivity index (χ2v) is 6.75. The molecule has 0 aromatic carbocycles. The predicted octanol–water partition coefficient (Wildman–Crippen LogP) is 2.72. The Morgan fingerprint density at radius 2 is 2.10 bits per heavy atom. The molecular formula is C15H26N2O2S. The number of nitrogens with zero attached hydrogens (tertiary/aromatic N) is 1. The van der Waals surface area contributed by atoms with Gasteiger partial charge in [-0.2, -0.15) is 0 Å². The van der Waals surface area contributed by atoms with E-state index in [1.54, 1.807) is 7.11 Å². The molecule has 5 heteroatoms. The molecule has 0 aliphatic heterocycles. The van der Waals surface area contributed by atoms with Crippen LogP contribution in [0.3, 0.4) is 0 Å². The molecule has 0 atom stereocenters. The zero-order valence-corrected chi connectivity index (χ0v) is 13.6. The molecule has 1 aromatic heterocycles. The molecule has 1 fully saturated rings. The van der Waals surface area contributed by atoms with Gasteiger partial charge in [-0.1, -0.05) is 13.8 Å². The third-order valence-corrected chi connectivity index (χ3v) is 4.47. The number of rotatable bonds is 10. The van der Waals surface area contributed by atoms with Crippen LogP contribution >= 0.6 is 11.3 Å². The molecule has 20 heavy (non-hydrogen) atoms. The fourth-order valence-electron chi connectivity index (χ4n) is 2.03. The highest BCUT2D eigenvalue weighted by atomic mass is 32.1. The quantitative estimate of drug-likeness (QED) is 0.675. The van der Waals surface area contributed by atoms with Gasteiger partial charge in [-0.05, 0) is 18.8 Å². The van der Waals surface area contributed by atoms with Crippen molar-refractivity contribution in [3.63, 3.8) is 0 Å². The fraction of sp³-hybridized carbons (Fsp3) is 0.800. The Bertz CT molecular complexity index is 403. The van der Waals surface area contributed by atoms with Crippen LogP contribution in [0.15, 0.2) is 0 Å². The maximum atomic E-state index is 5.52. The first-order valence-electron chi connectivity index (χ1n) is 7.49. The van der Waals surface area contributed by atoms with E-state index in [0.717, 1.165) is 25.6 Å². The van der Waals surface area contributed by atoms with Crippen LogP contribution in [-0.4, -0.2) is 38.0 Å². The van der Waals surface area contributed by atoms with Crippen molar-refractivity contribution >= 4 is 11.3 Å². The molecule has 2 rings (SSSR count). The van der Waals surface area contributed by atoms with Crippen molar-refractivity contribution in [3.05, 3.63) is 15.6 Å². The Balaban J connectivity index is 1.83. The molecule has 1 N–H and O–H groups in total. The summed E-state index contributed by atoms with van der Waals surface area (Å²) in [5, 5.41) is 4.78. The van der Waals surface area contributed by atoms with Gasteiger partial charge >= 0.3 is 0 Å². The van der Waals surface area contributed by atoms with Crippen molar-refractivity contribution in [1.82, 2.24) is 10.3 Å². The Hall–Kier alpha value is -0.490. The van der Waals surface area contributed by atoms with Gasteiger partial charge in [-0.25, -0.2) is 4.98 Å². The average molecular weight is 298 g/mol. The summed E-state index contributed by atoms with van der Waals surface area (Å²) in [5.74, 6) is 0.491. The van der Waals surface area contributed by atoms with Gasteiger partial charge < -0.3 is 14.8 Å². The number of nitrogens with one attached hydrogen (secondary N) is 1. The summed E-state index contributed by atoms with van der Waals surface area (Å²) in [6, 6.07) is 0.748. The molecule has 1 aromatic rings. The Kier molecular flexibility index (Phi) is 6.42. The summed E-state index contributed by atoms with van der Waals surface area (Å²) in [5.41, 5.74) is 1.26. The smallest absolute Gasteiger partial charge is 0.0954 e. The summed E-state index contributed by atoms with van der Waals surface area (Å²) in [7, 11) is 1.69. The summed E-state index contributed by atoms with van der Waals surface area (Å²) < 4.78 is 10.5. The second kappa shape index (κ2) is 8.08. The lowest BCUT2D eigenvalue weighted by atomic mass is 10.1. The SMILES string of the molecule is COCCOCCc1nc(C(C)C)c(CNC2CC2)s1. The molecule has 0 saturated heterocycles. The minimum Gasteiger partial charge on any atom is -0.382 e. The molecule has 114 valence electrons. The van der Waals surface area contributed by atoms with Gasteiger partial charge in [-0.3, -0.25) is 0 Å². The number of ether oxygens (including phenoxy) is 2. The lowest BCUT2D eigenvalue weighted by Gasteiger charge is -2.05. The minimum atomic E-state index is 0.491. The van der Waals surface area contributed by atoms with Crippen LogP contribution in [0.25, 0.3) is 0 Å². The van der Waals surface area contributed by atoms with Crippen LogP contribution < -0.4 is 5.32 Å². The summed E-state index contributed by atoms with van der Waals surface area (Å²) >= 11 is 1.84. The summed E-state index contributed by atoms with van der Waals surface area (Å²) in [4.78, 5) is 6.19. The van der Waals surface area contributed by atoms with Crippen molar-refractivity contribution in [2.75, 3.05) is 26.9 Å². The number of hydrogen-bond donors (Lipinski definition) is 1. The zero-order chi connectivity index (χ0) is 14.4. The molecular weight excluding hydrogens is 272 g/mol. The highest BCUT2D eigenvalue weighted by molar-refractivity contribution is 7.11. The van der Waals surface area contributed by atoms with E-state index in [9.17, 15) is 0 Å². The van der Waals surface area contributed by atoms with E-state index in [2.05, 4.69) is 19.2 Å². The van der Waals surface area contributed by atoms with Crippen LogP contribution in [0.2, 0.25) is 0 Å². The first kappa shape index (κ1) is 15.9. The first-order valence-corrected chi connectivity index (χ1v) is 8.31. The van der Waals surface area contributed by atoms with Crippen LogP contribution in [0.4, 0.5) is 0 Å². The molecule has 0 radical (unpaired) electrons. The topological polar surface area (TPSA) is 43.4 Å². The van der Waals surface area contributed by atoms with Gasteiger partial charge in [0.25, 0.3) is 0 Å². The van der Waals surface area contributed by atoms with Crippen molar-refractivity contribution < 1.29 is 9.47 Å². The van der Waals surface area contributed by atoms with E-state index in [4.69, 9.17) is 14.5 Å². The van der Waals surface area contributed by atoms with Gasteiger partial charge in [0.1, 0.15) is 0 Å². The van der Waals surface area contributed by atoms with Gasteiger partial charge in [-0.15, -0.1) is 11.3 Å². The number of aromatic nitrogens is 1. The number of methoxy groups -OCH3 is 1. The molecule has 1 aliphatic carbocycles. The van der Waals surface area contributed by atoms with Gasteiger partial charge in [0, 0.05) is 31.0 Å². The number of thiazole rings is 1. The third-order valence-electron chi connectivity index (χ3n) is 3.34. The van der Waals surface area contributed by atoms with Crippen molar-refractivity contribution in [1.29, 1.82) is 0 Å². The van der Waals surface area contributed by atoms with Gasteiger partial charge in [0.15, 0.2) is 0 Å². The standard InChI is InChI=1S/C15H26N2O2S/c1-11(2)15-13(10-16-12-4-5-12)20-14(17-15)6-7-19-9-8-18-3/h11-12,16H,4-10H2,1-3H3. The zero-order valence-electron chi connectivity index (χ0n) is 12.8. The van der Waals surface area contributed by atoms with E-state index in [-0.39, 0.29) is 0 Å². The number of hydrogen-bond acceptors (Lipinski definition) is 5. The van der Waals surface area contributed by atoms with Gasteiger partial charge in [0.05, 0.1) is 30.5 Å². The van der Waals surface area contributed by atoms with E-state index >= 15 is 0 Å². The molecule has 0 bridgehead atoms. The summed E-state index contributed by atoms with van der Waals surface area (Å²) in [6.45, 7) is 7.45. The predicted molar refractivity (Wildman–Crippen MR) is 82.5 cm³/mol. The molecule has 1 saturated carbocycles. The lowest BCUT2D eigenvalue weighted by Crippen LogP contribution is -2.15. The van der Waals surface area contributed by atoms with Crippen molar-refractivity contribution in [2.45, 2.75) is 51.6 Å². The maximum absolute atomic E-state index is 5.52. The minimum absolute atomic E-state index is 0.491. The Labute approximate surface area is 125 Å². The van der Waals surface area contributed by atoms with E-state index in [1.807, 2.05) is 11.3 Å². The molecule has 1 aliphatic rings. The first-order chi connectivity index (χ1) is 9.70. The molecule has 4 nitrogen and oxygen atoms in total. The Morgan fingerprint density at radius 1 is 1.30 bits per heavy atom. The van der Waals surface area contributed by atoms with Crippen LogP contribution in [0.5, 0.6) is 0 Å². The molecule has 0 spiro atoms. The van der Waals surface area contributed by atoms with Crippen LogP contribution in [-0.2, 0) is 22.4 Å². The van der Waals surface area contributed by atoms with E-state index in [0.29, 0.717) is 19.1 Å². The second-order valence-electron chi connectivity index (χ2n) is 5.58. The monoisotopic (exact) mass is 298 g/mol. The molecule has 1 heterocycles. The average Bonchev–Trinajstić information content (AvgIpc) is 3.16. The normalized spacial score (nSPS) is 15.2. The molecule has 0 amide bonds. The van der Waals surface area contributed by atoms with E-state index < -0.39 is 0 Å². The highest BCUT2D eigenvalue weighted by Crippen LogP contribution is 2.27.